The molecule has 0 radical (unpaired) electrons. The van der Waals surface area contributed by atoms with Crippen LogP contribution in [0.3, 0.4) is 0 Å². The van der Waals surface area contributed by atoms with Crippen LogP contribution in [0.15, 0.2) is 18.2 Å². The Bertz CT molecular complexity index is 309. The Morgan fingerprint density at radius 2 is 2.31 bits per heavy atom. The van der Waals surface area contributed by atoms with Crippen LogP contribution in [0.25, 0.3) is 0 Å². The first-order valence-electron chi connectivity index (χ1n) is 4.73. The van der Waals surface area contributed by atoms with E-state index in [0.717, 1.165) is 18.5 Å². The van der Waals surface area contributed by atoms with E-state index in [1.54, 1.807) is 7.11 Å². The fourth-order valence-corrected chi connectivity index (χ4v) is 2.10. The molecule has 1 aliphatic rings. The van der Waals surface area contributed by atoms with Crippen molar-refractivity contribution in [3.05, 3.63) is 29.3 Å². The molecule has 0 fully saturated rings. The maximum atomic E-state index is 5.93. The lowest BCUT2D eigenvalue weighted by molar-refractivity contribution is 0.0887. The molecule has 0 saturated carbocycles. The fourth-order valence-electron chi connectivity index (χ4n) is 2.10. The average molecular weight is 177 g/mol. The molecule has 70 valence electrons. The molecular weight excluding hydrogens is 162 g/mol. The van der Waals surface area contributed by atoms with Gasteiger partial charge in [0.1, 0.15) is 0 Å². The zero-order chi connectivity index (χ0) is 9.26. The third-order valence-corrected chi connectivity index (χ3v) is 2.75. The summed E-state index contributed by atoms with van der Waals surface area (Å²) in [6, 6.07) is 6.12. The van der Waals surface area contributed by atoms with E-state index < -0.39 is 0 Å². The minimum absolute atomic E-state index is 0.213. The number of anilines is 1. The van der Waals surface area contributed by atoms with Crippen molar-refractivity contribution in [2.24, 2.45) is 0 Å². The van der Waals surface area contributed by atoms with Crippen molar-refractivity contribution in [1.82, 2.24) is 0 Å². The smallest absolute Gasteiger partial charge is 0.0843 e. The highest BCUT2D eigenvalue weighted by molar-refractivity contribution is 5.53. The SMILES string of the molecule is COC1CCCc2cccc(N)c21. The number of aryl methyl sites for hydroxylation is 1. The molecule has 0 bridgehead atoms. The lowest BCUT2D eigenvalue weighted by Gasteiger charge is -2.25. The second-order valence-corrected chi connectivity index (χ2v) is 3.54. The van der Waals surface area contributed by atoms with Crippen LogP contribution in [0, 0.1) is 0 Å². The predicted molar refractivity (Wildman–Crippen MR) is 53.5 cm³/mol. The highest BCUT2D eigenvalue weighted by atomic mass is 16.5. The molecule has 2 rings (SSSR count). The largest absolute Gasteiger partial charge is 0.398 e. The molecule has 0 saturated heterocycles. The lowest BCUT2D eigenvalue weighted by Crippen LogP contribution is -2.13. The number of rotatable bonds is 1. The quantitative estimate of drug-likeness (QED) is 0.668. The molecule has 1 aromatic rings. The van der Waals surface area contributed by atoms with Crippen LogP contribution in [0.2, 0.25) is 0 Å². The van der Waals surface area contributed by atoms with Gasteiger partial charge in [-0.1, -0.05) is 12.1 Å². The van der Waals surface area contributed by atoms with Gasteiger partial charge in [0.05, 0.1) is 6.10 Å². The minimum atomic E-state index is 0.213. The van der Waals surface area contributed by atoms with E-state index in [9.17, 15) is 0 Å². The Morgan fingerprint density at radius 1 is 1.46 bits per heavy atom. The van der Waals surface area contributed by atoms with E-state index in [4.69, 9.17) is 10.5 Å². The van der Waals surface area contributed by atoms with Crippen LogP contribution >= 0.6 is 0 Å². The molecule has 1 aliphatic carbocycles. The first-order valence-corrected chi connectivity index (χ1v) is 4.73. The van der Waals surface area contributed by atoms with Gasteiger partial charge in [-0.25, -0.2) is 0 Å². The van der Waals surface area contributed by atoms with E-state index in [2.05, 4.69) is 6.07 Å². The molecule has 0 amide bonds. The summed E-state index contributed by atoms with van der Waals surface area (Å²) in [4.78, 5) is 0. The monoisotopic (exact) mass is 177 g/mol. The fraction of sp³-hybridized carbons (Fsp3) is 0.455. The summed E-state index contributed by atoms with van der Waals surface area (Å²) >= 11 is 0. The number of methoxy groups -OCH3 is 1. The summed E-state index contributed by atoms with van der Waals surface area (Å²) in [5.41, 5.74) is 9.38. The van der Waals surface area contributed by atoms with Crippen LogP contribution in [-0.2, 0) is 11.2 Å². The van der Waals surface area contributed by atoms with Crippen LogP contribution in [0.1, 0.15) is 30.1 Å². The molecule has 0 aliphatic heterocycles. The molecule has 13 heavy (non-hydrogen) atoms. The van der Waals surface area contributed by atoms with Crippen molar-refractivity contribution in [1.29, 1.82) is 0 Å². The Labute approximate surface area is 78.7 Å². The van der Waals surface area contributed by atoms with E-state index in [-0.39, 0.29) is 6.10 Å². The molecule has 2 nitrogen and oxygen atoms in total. The highest BCUT2D eigenvalue weighted by Crippen LogP contribution is 2.35. The van der Waals surface area contributed by atoms with Gasteiger partial charge in [0.15, 0.2) is 0 Å². The average Bonchev–Trinajstić information content (AvgIpc) is 2.17. The van der Waals surface area contributed by atoms with Crippen molar-refractivity contribution in [3.63, 3.8) is 0 Å². The van der Waals surface area contributed by atoms with Gasteiger partial charge in [0, 0.05) is 18.4 Å². The lowest BCUT2D eigenvalue weighted by atomic mass is 9.88. The zero-order valence-electron chi connectivity index (χ0n) is 7.92. The Hall–Kier alpha value is -1.02. The van der Waals surface area contributed by atoms with Crippen molar-refractivity contribution < 1.29 is 4.74 Å². The number of nitrogen functional groups attached to an aromatic ring is 1. The molecule has 1 aromatic carbocycles. The molecule has 2 heteroatoms. The molecule has 1 unspecified atom stereocenters. The molecule has 0 heterocycles. The summed E-state index contributed by atoms with van der Waals surface area (Å²) in [6.07, 6.45) is 3.65. The van der Waals surface area contributed by atoms with Gasteiger partial charge in [-0.15, -0.1) is 0 Å². The number of hydrogen-bond donors (Lipinski definition) is 1. The summed E-state index contributed by atoms with van der Waals surface area (Å²) in [5.74, 6) is 0. The Kier molecular flexibility index (Phi) is 2.23. The molecular formula is C11H15NO. The predicted octanol–water partition coefficient (Wildman–Crippen LogP) is 2.29. The molecule has 0 aromatic heterocycles. The number of benzene rings is 1. The van der Waals surface area contributed by atoms with Gasteiger partial charge in [0.25, 0.3) is 0 Å². The molecule has 2 N–H and O–H groups in total. The number of nitrogens with two attached hydrogens (primary N) is 1. The Morgan fingerprint density at radius 3 is 3.08 bits per heavy atom. The van der Waals surface area contributed by atoms with Gasteiger partial charge < -0.3 is 10.5 Å². The van der Waals surface area contributed by atoms with E-state index in [1.165, 1.54) is 17.5 Å². The van der Waals surface area contributed by atoms with Gasteiger partial charge in [-0.3, -0.25) is 0 Å². The maximum absolute atomic E-state index is 5.93. The first-order chi connectivity index (χ1) is 6.33. The molecule has 0 spiro atoms. The van der Waals surface area contributed by atoms with Crippen LogP contribution in [0.4, 0.5) is 5.69 Å². The van der Waals surface area contributed by atoms with Crippen molar-refractivity contribution in [3.8, 4) is 0 Å². The highest BCUT2D eigenvalue weighted by Gasteiger charge is 2.21. The zero-order valence-corrected chi connectivity index (χ0v) is 7.92. The van der Waals surface area contributed by atoms with Crippen molar-refractivity contribution in [2.75, 3.05) is 12.8 Å². The van der Waals surface area contributed by atoms with E-state index in [1.807, 2.05) is 12.1 Å². The number of ether oxygens (including phenoxy) is 1. The van der Waals surface area contributed by atoms with Crippen LogP contribution in [0.5, 0.6) is 0 Å². The summed E-state index contributed by atoms with van der Waals surface area (Å²) in [5, 5.41) is 0. The van der Waals surface area contributed by atoms with E-state index >= 15 is 0 Å². The van der Waals surface area contributed by atoms with E-state index in [0.29, 0.717) is 0 Å². The number of hydrogen-bond acceptors (Lipinski definition) is 2. The second-order valence-electron chi connectivity index (χ2n) is 3.54. The summed E-state index contributed by atoms with van der Waals surface area (Å²) in [7, 11) is 1.76. The standard InChI is InChI=1S/C11H15NO/c1-13-10-7-3-5-8-4-2-6-9(12)11(8)10/h2,4,6,10H,3,5,7,12H2,1H3. The van der Waals surface area contributed by atoms with Crippen molar-refractivity contribution in [2.45, 2.75) is 25.4 Å². The van der Waals surface area contributed by atoms with Crippen LogP contribution < -0.4 is 5.73 Å². The minimum Gasteiger partial charge on any atom is -0.398 e. The summed E-state index contributed by atoms with van der Waals surface area (Å²) < 4.78 is 5.42. The van der Waals surface area contributed by atoms with Gasteiger partial charge in [-0.05, 0) is 30.9 Å². The third kappa shape index (κ3) is 1.42. The number of fused-ring (bicyclic) bond motifs is 1. The van der Waals surface area contributed by atoms with Gasteiger partial charge in [-0.2, -0.15) is 0 Å². The first kappa shape index (κ1) is 8.57. The normalized spacial score (nSPS) is 21.2. The van der Waals surface area contributed by atoms with Gasteiger partial charge in [0.2, 0.25) is 0 Å². The second kappa shape index (κ2) is 3.38. The summed E-state index contributed by atoms with van der Waals surface area (Å²) in [6.45, 7) is 0. The van der Waals surface area contributed by atoms with Crippen molar-refractivity contribution >= 4 is 5.69 Å². The molecule has 1 atom stereocenters. The van der Waals surface area contributed by atoms with Gasteiger partial charge >= 0.3 is 0 Å². The maximum Gasteiger partial charge on any atom is 0.0843 e. The topological polar surface area (TPSA) is 35.2 Å². The Balaban J connectivity index is 2.47. The van der Waals surface area contributed by atoms with Crippen LogP contribution in [-0.4, -0.2) is 7.11 Å². The third-order valence-electron chi connectivity index (χ3n) is 2.75.